The number of thioether (sulfide) groups is 1. The zero-order valence-electron chi connectivity index (χ0n) is 15.4. The highest BCUT2D eigenvalue weighted by atomic mass is 32.2. The Labute approximate surface area is 166 Å². The Morgan fingerprint density at radius 3 is 2.75 bits per heavy atom. The van der Waals surface area contributed by atoms with Crippen LogP contribution in [-0.4, -0.2) is 29.8 Å². The van der Waals surface area contributed by atoms with Gasteiger partial charge < -0.3 is 4.57 Å². The maximum absolute atomic E-state index is 9.08. The molecular formula is C20H17N7S. The Morgan fingerprint density at radius 2 is 1.96 bits per heavy atom. The summed E-state index contributed by atoms with van der Waals surface area (Å²) in [5, 5.41) is 26.7. The highest BCUT2D eigenvalue weighted by Gasteiger charge is 2.13. The smallest absolute Gasteiger partial charge is 0.191 e. The van der Waals surface area contributed by atoms with E-state index in [1.807, 2.05) is 48.1 Å². The summed E-state index contributed by atoms with van der Waals surface area (Å²) in [6.07, 6.45) is 3.57. The predicted octanol–water partition coefficient (Wildman–Crippen LogP) is 3.79. The van der Waals surface area contributed by atoms with E-state index in [2.05, 4.69) is 45.6 Å². The van der Waals surface area contributed by atoms with Gasteiger partial charge in [0.15, 0.2) is 5.16 Å². The second kappa shape index (κ2) is 7.66. The first-order valence-electron chi connectivity index (χ1n) is 8.68. The van der Waals surface area contributed by atoms with Crippen LogP contribution >= 0.6 is 11.8 Å². The molecule has 0 spiro atoms. The van der Waals surface area contributed by atoms with Crippen molar-refractivity contribution in [2.45, 2.75) is 17.3 Å². The molecule has 0 bridgehead atoms. The maximum atomic E-state index is 9.08. The molecule has 0 fully saturated rings. The van der Waals surface area contributed by atoms with Gasteiger partial charge in [0.25, 0.3) is 0 Å². The summed E-state index contributed by atoms with van der Waals surface area (Å²) in [5.74, 6) is 0. The molecule has 0 saturated carbocycles. The van der Waals surface area contributed by atoms with E-state index in [1.54, 1.807) is 28.8 Å². The fourth-order valence-corrected chi connectivity index (χ4v) is 3.70. The van der Waals surface area contributed by atoms with E-state index in [-0.39, 0.29) is 5.25 Å². The lowest BCUT2D eigenvalue weighted by atomic mass is 10.1. The molecule has 4 aromatic rings. The zero-order chi connectivity index (χ0) is 19.5. The summed E-state index contributed by atoms with van der Waals surface area (Å²) in [5.41, 5.74) is 4.28. The van der Waals surface area contributed by atoms with Gasteiger partial charge in [-0.3, -0.25) is 0 Å². The lowest BCUT2D eigenvalue weighted by molar-refractivity contribution is 0.784. The first-order chi connectivity index (χ1) is 13.6. The second-order valence-corrected chi connectivity index (χ2v) is 7.63. The van der Waals surface area contributed by atoms with Crippen LogP contribution in [0.5, 0.6) is 0 Å². The number of aromatic nitrogens is 6. The fourth-order valence-electron chi connectivity index (χ4n) is 2.80. The van der Waals surface area contributed by atoms with Gasteiger partial charge >= 0.3 is 0 Å². The fraction of sp³-hybridized carbons (Fsp3) is 0.150. The van der Waals surface area contributed by atoms with Gasteiger partial charge in [0.2, 0.25) is 0 Å². The minimum absolute atomic E-state index is 0.207. The molecule has 0 N–H and O–H groups in total. The van der Waals surface area contributed by atoms with Crippen LogP contribution < -0.4 is 0 Å². The van der Waals surface area contributed by atoms with Crippen molar-refractivity contribution >= 4 is 11.8 Å². The third kappa shape index (κ3) is 3.66. The molecule has 2 aromatic heterocycles. The van der Waals surface area contributed by atoms with Crippen molar-refractivity contribution in [2.75, 3.05) is 0 Å². The Morgan fingerprint density at radius 1 is 1.11 bits per heavy atom. The largest absolute Gasteiger partial charge is 0.312 e. The van der Waals surface area contributed by atoms with Crippen LogP contribution in [0.4, 0.5) is 0 Å². The molecule has 1 atom stereocenters. The lowest BCUT2D eigenvalue weighted by Gasteiger charge is -2.12. The highest BCUT2D eigenvalue weighted by Crippen LogP contribution is 2.33. The molecule has 7 nitrogen and oxygen atoms in total. The molecule has 0 saturated heterocycles. The van der Waals surface area contributed by atoms with E-state index < -0.39 is 0 Å². The number of aryl methyl sites for hydroxylation is 1. The number of hydrogen-bond acceptors (Lipinski definition) is 6. The van der Waals surface area contributed by atoms with E-state index in [4.69, 9.17) is 5.26 Å². The molecule has 0 aliphatic carbocycles. The van der Waals surface area contributed by atoms with Crippen molar-refractivity contribution < 1.29 is 0 Å². The van der Waals surface area contributed by atoms with E-state index in [1.165, 1.54) is 0 Å². The summed E-state index contributed by atoms with van der Waals surface area (Å²) in [7, 11) is 1.93. The Hall–Kier alpha value is -3.44. The number of hydrogen-bond donors (Lipinski definition) is 0. The summed E-state index contributed by atoms with van der Waals surface area (Å²) in [6, 6.07) is 17.7. The number of benzene rings is 2. The summed E-state index contributed by atoms with van der Waals surface area (Å²) in [4.78, 5) is 0. The second-order valence-electron chi connectivity index (χ2n) is 6.32. The predicted molar refractivity (Wildman–Crippen MR) is 107 cm³/mol. The first kappa shape index (κ1) is 17.9. The van der Waals surface area contributed by atoms with Crippen LogP contribution in [-0.2, 0) is 7.05 Å². The van der Waals surface area contributed by atoms with Gasteiger partial charge in [-0.15, -0.1) is 15.3 Å². The van der Waals surface area contributed by atoms with Gasteiger partial charge in [-0.25, -0.2) is 4.68 Å². The Balaban J connectivity index is 1.59. The summed E-state index contributed by atoms with van der Waals surface area (Å²) in [6.45, 7) is 2.14. The van der Waals surface area contributed by atoms with Crippen LogP contribution in [0.15, 0.2) is 66.2 Å². The van der Waals surface area contributed by atoms with Crippen molar-refractivity contribution in [3.05, 3.63) is 72.2 Å². The van der Waals surface area contributed by atoms with Crippen LogP contribution in [0, 0.1) is 11.3 Å². The highest BCUT2D eigenvalue weighted by molar-refractivity contribution is 7.99. The minimum atomic E-state index is 0.207. The normalized spacial score (nSPS) is 11.9. The van der Waals surface area contributed by atoms with Crippen molar-refractivity contribution in [3.8, 4) is 23.0 Å². The molecule has 0 radical (unpaired) electrons. The monoisotopic (exact) mass is 387 g/mol. The van der Waals surface area contributed by atoms with Crippen molar-refractivity contribution in [1.82, 2.24) is 29.8 Å². The number of nitrogens with zero attached hydrogens (tertiary/aromatic N) is 7. The quantitative estimate of drug-likeness (QED) is 0.484. The molecule has 28 heavy (non-hydrogen) atoms. The third-order valence-corrected chi connectivity index (χ3v) is 5.54. The molecule has 8 heteroatoms. The molecule has 2 aromatic carbocycles. The van der Waals surface area contributed by atoms with Crippen LogP contribution in [0.25, 0.3) is 16.9 Å². The van der Waals surface area contributed by atoms with Crippen LogP contribution in [0.2, 0.25) is 0 Å². The standard InChI is InChI=1S/C20H17N7S/c1-14(28-20-24-22-13-26(20)2)16-6-4-8-18(10-16)27-12-19(23-25-27)17-7-3-5-15(9-17)11-21/h3-10,12-14H,1-2H3/t14-/m0/s1. The molecule has 2 heterocycles. The first-order valence-corrected chi connectivity index (χ1v) is 9.56. The van der Waals surface area contributed by atoms with Gasteiger partial charge in [0, 0.05) is 17.9 Å². The molecule has 4 rings (SSSR count). The third-order valence-electron chi connectivity index (χ3n) is 4.34. The lowest BCUT2D eigenvalue weighted by Crippen LogP contribution is -1.98. The average Bonchev–Trinajstić information content (AvgIpc) is 3.38. The Bertz CT molecular complexity index is 1160. The van der Waals surface area contributed by atoms with Gasteiger partial charge in [-0.05, 0) is 36.8 Å². The number of rotatable bonds is 5. The van der Waals surface area contributed by atoms with Crippen LogP contribution in [0.1, 0.15) is 23.3 Å². The Kier molecular flexibility index (Phi) is 4.91. The van der Waals surface area contributed by atoms with Crippen molar-refractivity contribution in [2.24, 2.45) is 7.05 Å². The molecule has 0 aliphatic rings. The van der Waals surface area contributed by atoms with Gasteiger partial charge in [-0.2, -0.15) is 5.26 Å². The minimum Gasteiger partial charge on any atom is -0.312 e. The van der Waals surface area contributed by atoms with E-state index in [0.717, 1.165) is 27.7 Å². The van der Waals surface area contributed by atoms with E-state index >= 15 is 0 Å². The summed E-state index contributed by atoms with van der Waals surface area (Å²) < 4.78 is 3.65. The number of nitriles is 1. The molecular weight excluding hydrogens is 370 g/mol. The molecule has 0 aliphatic heterocycles. The molecule has 138 valence electrons. The van der Waals surface area contributed by atoms with Crippen molar-refractivity contribution in [3.63, 3.8) is 0 Å². The maximum Gasteiger partial charge on any atom is 0.191 e. The van der Waals surface area contributed by atoms with E-state index in [9.17, 15) is 0 Å². The van der Waals surface area contributed by atoms with Gasteiger partial charge in [-0.1, -0.05) is 41.2 Å². The van der Waals surface area contributed by atoms with Gasteiger partial charge in [0.05, 0.1) is 23.5 Å². The summed E-state index contributed by atoms with van der Waals surface area (Å²) >= 11 is 1.65. The molecule has 0 amide bonds. The van der Waals surface area contributed by atoms with Crippen LogP contribution in [0.3, 0.4) is 0 Å². The zero-order valence-corrected chi connectivity index (χ0v) is 16.2. The molecule has 0 unspecified atom stereocenters. The van der Waals surface area contributed by atoms with Crippen molar-refractivity contribution in [1.29, 1.82) is 5.26 Å². The average molecular weight is 387 g/mol. The van der Waals surface area contributed by atoms with E-state index in [0.29, 0.717) is 5.56 Å². The van der Waals surface area contributed by atoms with Gasteiger partial charge in [0.1, 0.15) is 12.0 Å². The topological polar surface area (TPSA) is 85.2 Å². The SMILES string of the molecule is C[C@H](Sc1nncn1C)c1cccc(-n2cc(-c3cccc(C#N)c3)nn2)c1.